The molecule has 0 spiro atoms. The highest BCUT2D eigenvalue weighted by atomic mass is 35.5. The Labute approximate surface area is 148 Å². The molecular weight excluding hydrogens is 324 g/mol. The first-order valence-electron chi connectivity index (χ1n) is 8.25. The van der Waals surface area contributed by atoms with Crippen LogP contribution in [0.4, 0.5) is 11.4 Å². The predicted molar refractivity (Wildman–Crippen MR) is 99.9 cm³/mol. The molecule has 1 unspecified atom stereocenters. The fraction of sp³-hybridized carbons (Fsp3) is 0.368. The second kappa shape index (κ2) is 8.69. The van der Waals surface area contributed by atoms with Crippen LogP contribution in [-0.4, -0.2) is 11.5 Å². The van der Waals surface area contributed by atoms with Crippen molar-refractivity contribution in [2.75, 3.05) is 11.9 Å². The highest BCUT2D eigenvalue weighted by molar-refractivity contribution is 6.30. The average molecular weight is 347 g/mol. The first kappa shape index (κ1) is 18.3. The van der Waals surface area contributed by atoms with Crippen molar-refractivity contribution >= 4 is 23.0 Å². The molecule has 2 aromatic rings. The Bertz CT molecular complexity index is 686. The van der Waals surface area contributed by atoms with Crippen LogP contribution < -0.4 is 5.32 Å². The van der Waals surface area contributed by atoms with Gasteiger partial charge in [0.05, 0.1) is 4.92 Å². The van der Waals surface area contributed by atoms with Gasteiger partial charge in [0.1, 0.15) is 5.69 Å². The summed E-state index contributed by atoms with van der Waals surface area (Å²) in [7, 11) is 0. The summed E-state index contributed by atoms with van der Waals surface area (Å²) in [6.45, 7) is 4.87. The minimum Gasteiger partial charge on any atom is -0.379 e. The topological polar surface area (TPSA) is 55.2 Å². The SMILES string of the molecule is CCCc1ccc(NCC(C)Cc2ccc(Cl)cc2)c([N+](=O)[O-])c1. The molecule has 0 aliphatic heterocycles. The van der Waals surface area contributed by atoms with Crippen LogP contribution in [0.5, 0.6) is 0 Å². The van der Waals surface area contributed by atoms with E-state index in [1.165, 1.54) is 5.56 Å². The number of aryl methyl sites for hydroxylation is 1. The number of anilines is 1. The summed E-state index contributed by atoms with van der Waals surface area (Å²) in [6.07, 6.45) is 2.72. The molecule has 24 heavy (non-hydrogen) atoms. The maximum absolute atomic E-state index is 11.3. The number of nitrogens with zero attached hydrogens (tertiary/aromatic N) is 1. The van der Waals surface area contributed by atoms with Crippen LogP contribution in [0.1, 0.15) is 31.4 Å². The molecule has 128 valence electrons. The quantitative estimate of drug-likeness (QED) is 0.507. The Morgan fingerprint density at radius 2 is 1.83 bits per heavy atom. The minimum atomic E-state index is -0.314. The molecule has 5 heteroatoms. The largest absolute Gasteiger partial charge is 0.379 e. The van der Waals surface area contributed by atoms with Crippen molar-refractivity contribution in [1.29, 1.82) is 0 Å². The summed E-state index contributed by atoms with van der Waals surface area (Å²) in [5.41, 5.74) is 2.95. The number of nitro groups is 1. The van der Waals surface area contributed by atoms with Gasteiger partial charge in [0, 0.05) is 17.6 Å². The summed E-state index contributed by atoms with van der Waals surface area (Å²) >= 11 is 5.90. The number of rotatable bonds is 8. The molecule has 0 radical (unpaired) electrons. The first-order chi connectivity index (χ1) is 11.5. The van der Waals surface area contributed by atoms with E-state index in [4.69, 9.17) is 11.6 Å². The first-order valence-corrected chi connectivity index (χ1v) is 8.63. The standard InChI is InChI=1S/C19H23ClN2O2/c1-3-4-15-7-10-18(19(12-15)22(23)24)21-13-14(2)11-16-5-8-17(20)9-6-16/h5-10,12,14,21H,3-4,11,13H2,1-2H3. The van der Waals surface area contributed by atoms with Gasteiger partial charge in [-0.1, -0.05) is 50.1 Å². The molecule has 0 fully saturated rings. The predicted octanol–water partition coefficient (Wildman–Crippen LogP) is 5.49. The molecule has 0 aliphatic rings. The molecule has 2 rings (SSSR count). The number of hydrogen-bond acceptors (Lipinski definition) is 3. The van der Waals surface area contributed by atoms with Gasteiger partial charge in [0.25, 0.3) is 5.69 Å². The summed E-state index contributed by atoms with van der Waals surface area (Å²) in [5.74, 6) is 0.348. The molecule has 2 aromatic carbocycles. The third-order valence-corrected chi connectivity index (χ3v) is 4.19. The van der Waals surface area contributed by atoms with Crippen LogP contribution in [0, 0.1) is 16.0 Å². The van der Waals surface area contributed by atoms with Crippen molar-refractivity contribution in [3.05, 3.63) is 68.7 Å². The highest BCUT2D eigenvalue weighted by Gasteiger charge is 2.15. The molecule has 4 nitrogen and oxygen atoms in total. The van der Waals surface area contributed by atoms with Gasteiger partial charge in [0.15, 0.2) is 0 Å². The van der Waals surface area contributed by atoms with Crippen molar-refractivity contribution in [2.45, 2.75) is 33.1 Å². The van der Waals surface area contributed by atoms with Gasteiger partial charge >= 0.3 is 0 Å². The lowest BCUT2D eigenvalue weighted by atomic mass is 10.0. The fourth-order valence-corrected chi connectivity index (χ4v) is 2.83. The molecule has 0 amide bonds. The number of nitro benzene ring substituents is 1. The lowest BCUT2D eigenvalue weighted by Crippen LogP contribution is -2.14. The van der Waals surface area contributed by atoms with E-state index in [0.717, 1.165) is 29.8 Å². The van der Waals surface area contributed by atoms with Gasteiger partial charge in [-0.05, 0) is 48.1 Å². The van der Waals surface area contributed by atoms with E-state index in [1.807, 2.05) is 36.4 Å². The van der Waals surface area contributed by atoms with Crippen LogP contribution >= 0.6 is 11.6 Å². The molecule has 0 aliphatic carbocycles. The molecule has 1 N–H and O–H groups in total. The van der Waals surface area contributed by atoms with Crippen molar-refractivity contribution in [3.63, 3.8) is 0 Å². The number of halogens is 1. The van der Waals surface area contributed by atoms with Crippen molar-refractivity contribution in [2.24, 2.45) is 5.92 Å². The molecule has 0 saturated heterocycles. The van der Waals surface area contributed by atoms with E-state index in [1.54, 1.807) is 6.07 Å². The van der Waals surface area contributed by atoms with E-state index < -0.39 is 0 Å². The Hall–Kier alpha value is -2.07. The van der Waals surface area contributed by atoms with Crippen LogP contribution in [-0.2, 0) is 12.8 Å². The summed E-state index contributed by atoms with van der Waals surface area (Å²) < 4.78 is 0. The summed E-state index contributed by atoms with van der Waals surface area (Å²) in [6, 6.07) is 13.3. The normalized spacial score (nSPS) is 12.0. The molecule has 0 bridgehead atoms. The zero-order valence-electron chi connectivity index (χ0n) is 14.1. The summed E-state index contributed by atoms with van der Waals surface area (Å²) in [4.78, 5) is 11.0. The van der Waals surface area contributed by atoms with Gasteiger partial charge in [-0.15, -0.1) is 0 Å². The maximum Gasteiger partial charge on any atom is 0.292 e. The van der Waals surface area contributed by atoms with Crippen molar-refractivity contribution < 1.29 is 4.92 Å². The second-order valence-corrected chi connectivity index (χ2v) is 6.61. The van der Waals surface area contributed by atoms with E-state index in [0.29, 0.717) is 18.2 Å². The van der Waals surface area contributed by atoms with Gasteiger partial charge in [-0.25, -0.2) is 0 Å². The van der Waals surface area contributed by atoms with E-state index in [-0.39, 0.29) is 10.6 Å². The molecule has 0 heterocycles. The van der Waals surface area contributed by atoms with Crippen LogP contribution in [0.3, 0.4) is 0 Å². The molecule has 1 atom stereocenters. The summed E-state index contributed by atoms with van der Waals surface area (Å²) in [5, 5.41) is 15.3. The number of nitrogens with one attached hydrogen (secondary N) is 1. The Kier molecular flexibility index (Phi) is 6.62. The Morgan fingerprint density at radius 1 is 1.17 bits per heavy atom. The lowest BCUT2D eigenvalue weighted by Gasteiger charge is -2.14. The zero-order chi connectivity index (χ0) is 17.5. The van der Waals surface area contributed by atoms with Crippen molar-refractivity contribution in [1.82, 2.24) is 0 Å². The Balaban J connectivity index is 1.99. The minimum absolute atomic E-state index is 0.152. The monoisotopic (exact) mass is 346 g/mol. The van der Waals surface area contributed by atoms with Gasteiger partial charge < -0.3 is 5.32 Å². The van der Waals surface area contributed by atoms with E-state index in [2.05, 4.69) is 19.2 Å². The van der Waals surface area contributed by atoms with E-state index >= 15 is 0 Å². The average Bonchev–Trinajstić information content (AvgIpc) is 2.56. The van der Waals surface area contributed by atoms with Gasteiger partial charge in [-0.2, -0.15) is 0 Å². The molecular formula is C19H23ClN2O2. The van der Waals surface area contributed by atoms with Gasteiger partial charge in [-0.3, -0.25) is 10.1 Å². The Morgan fingerprint density at radius 3 is 2.46 bits per heavy atom. The smallest absolute Gasteiger partial charge is 0.292 e. The zero-order valence-corrected chi connectivity index (χ0v) is 14.8. The number of hydrogen-bond donors (Lipinski definition) is 1. The van der Waals surface area contributed by atoms with Crippen LogP contribution in [0.2, 0.25) is 5.02 Å². The number of benzene rings is 2. The molecule has 0 saturated carbocycles. The van der Waals surface area contributed by atoms with Crippen LogP contribution in [0.25, 0.3) is 0 Å². The molecule has 0 aromatic heterocycles. The van der Waals surface area contributed by atoms with Crippen LogP contribution in [0.15, 0.2) is 42.5 Å². The maximum atomic E-state index is 11.3. The van der Waals surface area contributed by atoms with Crippen molar-refractivity contribution in [3.8, 4) is 0 Å². The lowest BCUT2D eigenvalue weighted by molar-refractivity contribution is -0.384. The fourth-order valence-electron chi connectivity index (χ4n) is 2.70. The third kappa shape index (κ3) is 5.24. The van der Waals surface area contributed by atoms with Gasteiger partial charge in [0.2, 0.25) is 0 Å². The van der Waals surface area contributed by atoms with E-state index in [9.17, 15) is 10.1 Å². The highest BCUT2D eigenvalue weighted by Crippen LogP contribution is 2.26. The second-order valence-electron chi connectivity index (χ2n) is 6.18. The third-order valence-electron chi connectivity index (χ3n) is 3.94.